The zero-order chi connectivity index (χ0) is 17.0. The summed E-state index contributed by atoms with van der Waals surface area (Å²) >= 11 is 14.1. The first-order valence-corrected chi connectivity index (χ1v) is 8.93. The van der Waals surface area contributed by atoms with Crippen molar-refractivity contribution in [2.45, 2.75) is 19.8 Å². The van der Waals surface area contributed by atoms with Gasteiger partial charge in [0, 0.05) is 25.9 Å². The highest BCUT2D eigenvalue weighted by atomic mass is 35.5. The van der Waals surface area contributed by atoms with Crippen LogP contribution in [0.2, 0.25) is 10.0 Å². The fourth-order valence-corrected chi connectivity index (χ4v) is 4.67. The van der Waals surface area contributed by atoms with Gasteiger partial charge in [0.25, 0.3) is 0 Å². The highest BCUT2D eigenvalue weighted by molar-refractivity contribution is 7.12. The second-order valence-electron chi connectivity index (χ2n) is 5.68. The van der Waals surface area contributed by atoms with Crippen molar-refractivity contribution < 1.29 is 9.90 Å². The van der Waals surface area contributed by atoms with E-state index in [2.05, 4.69) is 18.1 Å². The van der Waals surface area contributed by atoms with Crippen LogP contribution in [-0.2, 0) is 12.8 Å². The van der Waals surface area contributed by atoms with Crippen LogP contribution in [0.3, 0.4) is 0 Å². The summed E-state index contributed by atoms with van der Waals surface area (Å²) in [6, 6.07) is 7.21. The molecule has 0 unspecified atom stereocenters. The molecule has 2 aromatic heterocycles. The molecule has 2 heterocycles. The number of aromatic carboxylic acids is 1. The van der Waals surface area contributed by atoms with Crippen molar-refractivity contribution in [3.63, 3.8) is 0 Å². The molecule has 122 valence electrons. The molecule has 7 heteroatoms. The quantitative estimate of drug-likeness (QED) is 0.681. The number of thiophene rings is 1. The van der Waals surface area contributed by atoms with Gasteiger partial charge in [-0.25, -0.2) is 9.48 Å². The Morgan fingerprint density at radius 1 is 1.29 bits per heavy atom. The number of carboxylic acid groups (broad SMARTS) is 1. The van der Waals surface area contributed by atoms with Crippen LogP contribution in [0.1, 0.15) is 25.8 Å². The Labute approximate surface area is 152 Å². The van der Waals surface area contributed by atoms with Gasteiger partial charge in [0.15, 0.2) is 5.69 Å². The van der Waals surface area contributed by atoms with E-state index in [1.807, 2.05) is 0 Å². The zero-order valence-electron chi connectivity index (χ0n) is 12.6. The van der Waals surface area contributed by atoms with Gasteiger partial charge in [-0.1, -0.05) is 23.2 Å². The molecule has 0 saturated heterocycles. The Balaban J connectivity index is 2.04. The summed E-state index contributed by atoms with van der Waals surface area (Å²) in [5.74, 6) is -1.02. The van der Waals surface area contributed by atoms with Gasteiger partial charge in [-0.05, 0) is 44.0 Å². The summed E-state index contributed by atoms with van der Waals surface area (Å²) < 4.78 is 1.64. The van der Waals surface area contributed by atoms with Gasteiger partial charge in [0.2, 0.25) is 0 Å². The van der Waals surface area contributed by atoms with Crippen LogP contribution >= 0.6 is 34.5 Å². The van der Waals surface area contributed by atoms with Crippen molar-refractivity contribution in [3.8, 4) is 16.9 Å². The second-order valence-corrected chi connectivity index (χ2v) is 7.87. The van der Waals surface area contributed by atoms with Crippen LogP contribution < -0.4 is 0 Å². The summed E-state index contributed by atoms with van der Waals surface area (Å²) in [5, 5.41) is 14.9. The van der Waals surface area contributed by atoms with E-state index in [9.17, 15) is 9.90 Å². The molecule has 24 heavy (non-hydrogen) atoms. The summed E-state index contributed by atoms with van der Waals surface area (Å²) in [7, 11) is 0. The molecule has 0 fully saturated rings. The van der Waals surface area contributed by atoms with Crippen molar-refractivity contribution in [2.75, 3.05) is 0 Å². The van der Waals surface area contributed by atoms with Crippen LogP contribution in [0.4, 0.5) is 0 Å². The maximum atomic E-state index is 11.6. The van der Waals surface area contributed by atoms with Crippen LogP contribution in [0.15, 0.2) is 24.3 Å². The molecule has 1 aliphatic rings. The molecule has 0 aliphatic heterocycles. The summed E-state index contributed by atoms with van der Waals surface area (Å²) in [6.07, 6.45) is 1.50. The van der Waals surface area contributed by atoms with Crippen molar-refractivity contribution >= 4 is 40.5 Å². The number of aromatic nitrogens is 2. The third kappa shape index (κ3) is 2.35. The van der Waals surface area contributed by atoms with Crippen molar-refractivity contribution in [3.05, 3.63) is 55.3 Å². The molecule has 1 aromatic carbocycles. The number of benzene rings is 1. The second kappa shape index (κ2) is 5.62. The molecule has 4 nitrogen and oxygen atoms in total. The molecular formula is C17H12Cl2N2O2S. The lowest BCUT2D eigenvalue weighted by molar-refractivity contribution is 0.0689. The summed E-state index contributed by atoms with van der Waals surface area (Å²) in [6.45, 7) is 2.05. The van der Waals surface area contributed by atoms with E-state index in [-0.39, 0.29) is 5.69 Å². The minimum atomic E-state index is -1.02. The van der Waals surface area contributed by atoms with Gasteiger partial charge in [0.1, 0.15) is 0 Å². The molecule has 1 aliphatic carbocycles. The fourth-order valence-electron chi connectivity index (χ4n) is 3.15. The van der Waals surface area contributed by atoms with Crippen LogP contribution in [-0.4, -0.2) is 20.9 Å². The van der Waals surface area contributed by atoms with E-state index < -0.39 is 5.97 Å². The van der Waals surface area contributed by atoms with E-state index in [1.54, 1.807) is 34.2 Å². The van der Waals surface area contributed by atoms with Gasteiger partial charge < -0.3 is 5.11 Å². The number of carbonyl (C=O) groups is 1. The van der Waals surface area contributed by atoms with Gasteiger partial charge in [-0.2, -0.15) is 5.10 Å². The number of halogens is 2. The SMILES string of the molecule is Cc1cc2c(s1)CCc1c(C(=O)O)nn(-c3ccc(Cl)cc3Cl)c1-2. The van der Waals surface area contributed by atoms with Crippen LogP contribution in [0.25, 0.3) is 16.9 Å². The third-order valence-electron chi connectivity index (χ3n) is 4.11. The largest absolute Gasteiger partial charge is 0.476 e. The Morgan fingerprint density at radius 3 is 2.79 bits per heavy atom. The van der Waals surface area contributed by atoms with Gasteiger partial charge in [-0.3, -0.25) is 0 Å². The molecular weight excluding hydrogens is 367 g/mol. The average molecular weight is 379 g/mol. The number of hydrogen-bond acceptors (Lipinski definition) is 3. The third-order valence-corrected chi connectivity index (χ3v) is 5.76. The lowest BCUT2D eigenvalue weighted by atomic mass is 9.94. The monoisotopic (exact) mass is 378 g/mol. The standard InChI is InChI=1S/C17H12Cl2N2O2S/c1-8-6-11-14(24-8)5-3-10-15(17(22)23)20-21(16(10)11)13-4-2-9(18)7-12(13)19/h2,4,6-7H,3,5H2,1H3,(H,22,23). The van der Waals surface area contributed by atoms with E-state index in [0.717, 1.165) is 23.2 Å². The molecule has 0 amide bonds. The minimum absolute atomic E-state index is 0.0884. The predicted octanol–water partition coefficient (Wildman–Crippen LogP) is 5.01. The number of aryl methyl sites for hydroxylation is 2. The van der Waals surface area contributed by atoms with Crippen molar-refractivity contribution in [2.24, 2.45) is 0 Å². The number of rotatable bonds is 2. The normalized spacial score (nSPS) is 12.8. The van der Waals surface area contributed by atoms with Crippen molar-refractivity contribution in [1.29, 1.82) is 0 Å². The molecule has 0 saturated carbocycles. The number of hydrogen-bond donors (Lipinski definition) is 1. The molecule has 0 bridgehead atoms. The molecule has 0 spiro atoms. The first-order chi connectivity index (χ1) is 11.5. The zero-order valence-corrected chi connectivity index (χ0v) is 15.0. The van der Waals surface area contributed by atoms with E-state index in [0.29, 0.717) is 22.2 Å². The molecule has 1 N–H and O–H groups in total. The topological polar surface area (TPSA) is 55.1 Å². The number of carboxylic acids is 1. The number of nitrogens with zero attached hydrogens (tertiary/aromatic N) is 2. The summed E-state index contributed by atoms with van der Waals surface area (Å²) in [5.41, 5.74) is 3.35. The molecule has 4 rings (SSSR count). The molecule has 0 atom stereocenters. The van der Waals surface area contributed by atoms with Crippen molar-refractivity contribution in [1.82, 2.24) is 9.78 Å². The Morgan fingerprint density at radius 2 is 2.08 bits per heavy atom. The highest BCUT2D eigenvalue weighted by Crippen LogP contribution is 2.41. The van der Waals surface area contributed by atoms with E-state index >= 15 is 0 Å². The summed E-state index contributed by atoms with van der Waals surface area (Å²) in [4.78, 5) is 14.1. The van der Waals surface area contributed by atoms with Crippen LogP contribution in [0, 0.1) is 6.92 Å². The average Bonchev–Trinajstić information content (AvgIpc) is 3.06. The first kappa shape index (κ1) is 15.7. The maximum absolute atomic E-state index is 11.6. The minimum Gasteiger partial charge on any atom is -0.476 e. The smallest absolute Gasteiger partial charge is 0.356 e. The Hall–Kier alpha value is -1.82. The Bertz CT molecular complexity index is 991. The molecule has 3 aromatic rings. The predicted molar refractivity (Wildman–Crippen MR) is 96.0 cm³/mol. The Kier molecular flexibility index (Phi) is 3.67. The van der Waals surface area contributed by atoms with E-state index in [1.165, 1.54) is 9.75 Å². The molecule has 0 radical (unpaired) electrons. The fraction of sp³-hybridized carbons (Fsp3) is 0.176. The lowest BCUT2D eigenvalue weighted by Crippen LogP contribution is -2.06. The maximum Gasteiger partial charge on any atom is 0.356 e. The first-order valence-electron chi connectivity index (χ1n) is 7.36. The van der Waals surface area contributed by atoms with Gasteiger partial charge in [-0.15, -0.1) is 11.3 Å². The van der Waals surface area contributed by atoms with Crippen LogP contribution in [0.5, 0.6) is 0 Å². The lowest BCUT2D eigenvalue weighted by Gasteiger charge is -2.15. The van der Waals surface area contributed by atoms with Gasteiger partial charge >= 0.3 is 5.97 Å². The van der Waals surface area contributed by atoms with E-state index in [4.69, 9.17) is 23.2 Å². The van der Waals surface area contributed by atoms with Gasteiger partial charge in [0.05, 0.1) is 16.4 Å². The number of fused-ring (bicyclic) bond motifs is 3. The highest BCUT2D eigenvalue weighted by Gasteiger charge is 2.30.